The Kier molecular flexibility index (Phi) is 2.97. The highest BCUT2D eigenvalue weighted by Crippen LogP contribution is 2.44. The molecule has 2 aromatic carbocycles. The van der Waals surface area contributed by atoms with Crippen molar-refractivity contribution < 1.29 is 9.50 Å². The van der Waals surface area contributed by atoms with Crippen molar-refractivity contribution >= 4 is 34.7 Å². The third-order valence-electron chi connectivity index (χ3n) is 3.28. The van der Waals surface area contributed by atoms with E-state index < -0.39 is 11.4 Å². The van der Waals surface area contributed by atoms with Gasteiger partial charge in [-0.15, -0.1) is 0 Å². The van der Waals surface area contributed by atoms with Crippen molar-refractivity contribution in [3.8, 4) is 0 Å². The van der Waals surface area contributed by atoms with Crippen molar-refractivity contribution in [3.05, 3.63) is 63.4 Å². The van der Waals surface area contributed by atoms with Crippen molar-refractivity contribution in [3.63, 3.8) is 0 Å². The van der Waals surface area contributed by atoms with Crippen molar-refractivity contribution in [1.82, 2.24) is 0 Å². The minimum atomic E-state index is -1.87. The second-order valence-corrected chi connectivity index (χ2v) is 5.37. The molecule has 0 radical (unpaired) electrons. The monoisotopic (exact) mass is 310 g/mol. The van der Waals surface area contributed by atoms with Gasteiger partial charge in [-0.2, -0.15) is 0 Å². The number of rotatable bonds is 1. The van der Waals surface area contributed by atoms with Gasteiger partial charge in [0, 0.05) is 21.2 Å². The van der Waals surface area contributed by atoms with Crippen molar-refractivity contribution in [2.45, 2.75) is 5.60 Å². The van der Waals surface area contributed by atoms with E-state index in [-0.39, 0.29) is 16.4 Å². The highest BCUT2D eigenvalue weighted by atomic mass is 35.5. The number of nitrogens with zero attached hydrogens (tertiary/aromatic N) is 1. The summed E-state index contributed by atoms with van der Waals surface area (Å²) in [6, 6.07) is 8.65. The Morgan fingerprint density at radius 3 is 2.35 bits per heavy atom. The molecule has 3 N–H and O–H groups in total. The van der Waals surface area contributed by atoms with Gasteiger partial charge in [0.15, 0.2) is 5.60 Å². The van der Waals surface area contributed by atoms with Crippen LogP contribution in [-0.4, -0.2) is 10.9 Å². The summed E-state index contributed by atoms with van der Waals surface area (Å²) in [5.74, 6) is -0.737. The first-order valence-electron chi connectivity index (χ1n) is 5.75. The fourth-order valence-corrected chi connectivity index (χ4v) is 2.65. The van der Waals surface area contributed by atoms with Crippen LogP contribution in [0.1, 0.15) is 11.1 Å². The van der Waals surface area contributed by atoms with E-state index in [4.69, 9.17) is 28.9 Å². The molecule has 102 valence electrons. The Morgan fingerprint density at radius 1 is 1.05 bits per heavy atom. The van der Waals surface area contributed by atoms with Crippen LogP contribution < -0.4 is 5.73 Å². The van der Waals surface area contributed by atoms with Gasteiger partial charge in [-0.1, -0.05) is 23.2 Å². The number of hydrogen-bond acceptors (Lipinski definition) is 3. The minimum Gasteiger partial charge on any atom is -0.384 e. The highest BCUT2D eigenvalue weighted by Gasteiger charge is 2.44. The lowest BCUT2D eigenvalue weighted by Gasteiger charge is -2.25. The molecule has 20 heavy (non-hydrogen) atoms. The first-order chi connectivity index (χ1) is 9.42. The SMILES string of the molecule is NC1=Nc2ccc(Cl)cc2C1(O)c1cc(Cl)ccc1F. The van der Waals surface area contributed by atoms with Crippen LogP contribution in [-0.2, 0) is 5.60 Å². The average molecular weight is 311 g/mol. The van der Waals surface area contributed by atoms with Gasteiger partial charge in [-0.25, -0.2) is 9.38 Å². The normalized spacial score (nSPS) is 20.7. The van der Waals surface area contributed by atoms with Crippen LogP contribution in [0.15, 0.2) is 41.4 Å². The van der Waals surface area contributed by atoms with Crippen LogP contribution in [0.2, 0.25) is 10.0 Å². The average Bonchev–Trinajstić information content (AvgIpc) is 2.66. The van der Waals surface area contributed by atoms with Crippen LogP contribution in [0.5, 0.6) is 0 Å². The summed E-state index contributed by atoms with van der Waals surface area (Å²) < 4.78 is 14.1. The van der Waals surface area contributed by atoms with Crippen LogP contribution in [0.3, 0.4) is 0 Å². The zero-order valence-corrected chi connectivity index (χ0v) is 11.6. The van der Waals surface area contributed by atoms with E-state index >= 15 is 0 Å². The van der Waals surface area contributed by atoms with E-state index in [2.05, 4.69) is 4.99 Å². The van der Waals surface area contributed by atoms with E-state index in [9.17, 15) is 9.50 Å². The zero-order valence-electron chi connectivity index (χ0n) is 10.1. The number of benzene rings is 2. The van der Waals surface area contributed by atoms with Crippen LogP contribution >= 0.6 is 23.2 Å². The molecule has 0 fully saturated rings. The summed E-state index contributed by atoms with van der Waals surface area (Å²) in [7, 11) is 0. The third kappa shape index (κ3) is 1.80. The summed E-state index contributed by atoms with van der Waals surface area (Å²) in [6.45, 7) is 0. The largest absolute Gasteiger partial charge is 0.384 e. The lowest BCUT2D eigenvalue weighted by molar-refractivity contribution is 0.154. The maximum absolute atomic E-state index is 14.1. The highest BCUT2D eigenvalue weighted by molar-refractivity contribution is 6.31. The van der Waals surface area contributed by atoms with Crippen molar-refractivity contribution in [2.24, 2.45) is 10.7 Å². The molecular formula is C14H9Cl2FN2O. The van der Waals surface area contributed by atoms with Crippen molar-refractivity contribution in [1.29, 1.82) is 0 Å². The Bertz CT molecular complexity index is 748. The quantitative estimate of drug-likeness (QED) is 0.848. The molecule has 0 aliphatic carbocycles. The number of hydrogen-bond donors (Lipinski definition) is 2. The molecule has 3 rings (SSSR count). The molecule has 0 amide bonds. The van der Waals surface area contributed by atoms with E-state index in [1.807, 2.05) is 0 Å². The molecule has 0 spiro atoms. The number of fused-ring (bicyclic) bond motifs is 1. The summed E-state index contributed by atoms with van der Waals surface area (Å²) >= 11 is 11.8. The Morgan fingerprint density at radius 2 is 1.65 bits per heavy atom. The molecule has 0 aromatic heterocycles. The van der Waals surface area contributed by atoms with Crippen molar-refractivity contribution in [2.75, 3.05) is 0 Å². The van der Waals surface area contributed by atoms with Gasteiger partial charge in [-0.05, 0) is 36.4 Å². The number of halogens is 3. The van der Waals surface area contributed by atoms with Gasteiger partial charge in [0.05, 0.1) is 5.69 Å². The smallest absolute Gasteiger partial charge is 0.177 e. The van der Waals surface area contributed by atoms with E-state index in [0.29, 0.717) is 16.3 Å². The molecule has 0 saturated carbocycles. The standard InChI is InChI=1S/C14H9Cl2FN2O/c15-7-1-3-11(17)9(5-7)14(20)10-6-8(16)2-4-12(10)19-13(14)18/h1-6,20H,(H2,18,19). The molecule has 1 aliphatic rings. The number of aliphatic imine (C=N–C) groups is 1. The minimum absolute atomic E-state index is 0.0488. The van der Waals surface area contributed by atoms with Gasteiger partial charge >= 0.3 is 0 Å². The number of nitrogens with two attached hydrogens (primary N) is 1. The van der Waals surface area contributed by atoms with Crippen LogP contribution in [0.25, 0.3) is 0 Å². The Labute approximate surface area is 124 Å². The van der Waals surface area contributed by atoms with Gasteiger partial charge < -0.3 is 10.8 Å². The number of amidine groups is 1. The fourth-order valence-electron chi connectivity index (χ4n) is 2.30. The second kappa shape index (κ2) is 4.45. The lowest BCUT2D eigenvalue weighted by Crippen LogP contribution is -2.40. The lowest BCUT2D eigenvalue weighted by atomic mass is 9.86. The molecule has 3 nitrogen and oxygen atoms in total. The molecule has 1 heterocycles. The first kappa shape index (κ1) is 13.4. The molecule has 1 unspecified atom stereocenters. The predicted molar refractivity (Wildman–Crippen MR) is 77.1 cm³/mol. The fraction of sp³-hybridized carbons (Fsp3) is 0.0714. The molecule has 1 aliphatic heterocycles. The van der Waals surface area contributed by atoms with Gasteiger partial charge in [0.25, 0.3) is 0 Å². The van der Waals surface area contributed by atoms with Gasteiger partial charge in [-0.3, -0.25) is 0 Å². The van der Waals surface area contributed by atoms with Crippen LogP contribution in [0.4, 0.5) is 10.1 Å². The Hall–Kier alpha value is -1.62. The first-order valence-corrected chi connectivity index (χ1v) is 6.51. The van der Waals surface area contributed by atoms with E-state index in [1.54, 1.807) is 12.1 Å². The van der Waals surface area contributed by atoms with Gasteiger partial charge in [0.1, 0.15) is 11.7 Å². The topological polar surface area (TPSA) is 58.6 Å². The molecule has 1 atom stereocenters. The predicted octanol–water partition coefficient (Wildman–Crippen LogP) is 3.37. The van der Waals surface area contributed by atoms with Gasteiger partial charge in [0.2, 0.25) is 0 Å². The zero-order chi connectivity index (χ0) is 14.5. The van der Waals surface area contributed by atoms with E-state index in [0.717, 1.165) is 0 Å². The number of aliphatic hydroxyl groups is 1. The summed E-state index contributed by atoms with van der Waals surface area (Å²) in [6.07, 6.45) is 0. The molecule has 0 bridgehead atoms. The Balaban J connectivity index is 2.30. The maximum atomic E-state index is 14.1. The molecular weight excluding hydrogens is 302 g/mol. The second-order valence-electron chi connectivity index (χ2n) is 4.49. The summed E-state index contributed by atoms with van der Waals surface area (Å²) in [5.41, 5.74) is 4.69. The molecule has 0 saturated heterocycles. The molecule has 6 heteroatoms. The van der Waals surface area contributed by atoms with E-state index in [1.165, 1.54) is 24.3 Å². The van der Waals surface area contributed by atoms with Crippen LogP contribution in [0, 0.1) is 5.82 Å². The summed E-state index contributed by atoms with van der Waals surface area (Å²) in [4.78, 5) is 4.07. The maximum Gasteiger partial charge on any atom is 0.177 e. The third-order valence-corrected chi connectivity index (χ3v) is 3.75. The summed E-state index contributed by atoms with van der Waals surface area (Å²) in [5, 5.41) is 11.6. The molecule has 2 aromatic rings.